The van der Waals surface area contributed by atoms with Crippen LogP contribution >= 0.6 is 0 Å². The molecule has 0 saturated carbocycles. The molecule has 116 valence electrons. The van der Waals surface area contributed by atoms with Crippen molar-refractivity contribution in [3.63, 3.8) is 0 Å². The maximum atomic E-state index is 7.67. The van der Waals surface area contributed by atoms with Crippen LogP contribution in [0.2, 0.25) is 0 Å². The summed E-state index contributed by atoms with van der Waals surface area (Å²) in [5.74, 6) is 0.0946. The van der Waals surface area contributed by atoms with Gasteiger partial charge in [-0.1, -0.05) is 40.0 Å². The van der Waals surface area contributed by atoms with Crippen LogP contribution in [-0.2, 0) is 14.2 Å². The van der Waals surface area contributed by atoms with Gasteiger partial charge in [-0.15, -0.1) is 0 Å². The molecule has 0 aliphatic heterocycles. The first kappa shape index (κ1) is 13.8. The lowest BCUT2D eigenvalue weighted by Gasteiger charge is -2.17. The second-order valence-electron chi connectivity index (χ2n) is 4.57. The Bertz CT molecular complexity index is 207. The molecule has 3 unspecified atom stereocenters. The summed E-state index contributed by atoms with van der Waals surface area (Å²) < 4.78 is 39.7. The first-order valence-corrected chi connectivity index (χ1v) is 7.53. The molecule has 0 fully saturated rings. The van der Waals surface area contributed by atoms with Gasteiger partial charge in [-0.3, -0.25) is 0 Å². The SMILES string of the molecule is [3H]C(CC)COCC(COCC([3H])CC)COCC([3H])CC. The predicted molar refractivity (Wildman–Crippen MR) is 80.7 cm³/mol. The van der Waals surface area contributed by atoms with E-state index in [0.717, 1.165) is 19.3 Å². The van der Waals surface area contributed by atoms with E-state index in [1.807, 2.05) is 20.8 Å². The molecule has 0 aliphatic carbocycles. The van der Waals surface area contributed by atoms with Crippen LogP contribution in [0.5, 0.6) is 0 Å². The second-order valence-corrected chi connectivity index (χ2v) is 4.57. The quantitative estimate of drug-likeness (QED) is 0.453. The summed E-state index contributed by atoms with van der Waals surface area (Å²) in [6.45, 7) is 8.71. The highest BCUT2D eigenvalue weighted by Crippen LogP contribution is 2.03. The molecule has 0 N–H and O–H groups in total. The van der Waals surface area contributed by atoms with Crippen LogP contribution in [0, 0.1) is 5.92 Å². The number of rotatable bonds is 15. The monoisotopic (exact) mass is 280 g/mol. The third kappa shape index (κ3) is 14.1. The van der Waals surface area contributed by atoms with Gasteiger partial charge in [0.05, 0.1) is 19.8 Å². The van der Waals surface area contributed by atoms with Gasteiger partial charge >= 0.3 is 0 Å². The molecular weight excluding hydrogens is 240 g/mol. The Kier molecular flexibility index (Phi) is 11.6. The van der Waals surface area contributed by atoms with Crippen molar-refractivity contribution < 1.29 is 18.3 Å². The van der Waals surface area contributed by atoms with Crippen LogP contribution < -0.4 is 0 Å². The Morgan fingerprint density at radius 1 is 0.684 bits per heavy atom. The molecule has 0 spiro atoms. The van der Waals surface area contributed by atoms with E-state index in [1.54, 1.807) is 0 Å². The largest absolute Gasteiger partial charge is 0.381 e. The van der Waals surface area contributed by atoms with Crippen molar-refractivity contribution in [2.75, 3.05) is 39.6 Å². The zero-order chi connectivity index (χ0) is 16.8. The van der Waals surface area contributed by atoms with E-state index in [1.165, 1.54) is 0 Å². The molecule has 0 aromatic carbocycles. The first-order chi connectivity index (χ1) is 10.5. The lowest BCUT2D eigenvalue weighted by Crippen LogP contribution is -2.22. The van der Waals surface area contributed by atoms with E-state index in [9.17, 15) is 0 Å². The second kappa shape index (κ2) is 15.9. The third-order valence-electron chi connectivity index (χ3n) is 2.63. The fourth-order valence-electron chi connectivity index (χ4n) is 1.45. The summed E-state index contributed by atoms with van der Waals surface area (Å²) in [5.41, 5.74) is 0. The van der Waals surface area contributed by atoms with Crippen LogP contribution in [0.3, 0.4) is 0 Å². The molecule has 0 amide bonds. The smallest absolute Gasteiger partial charge is 0.0538 e. The van der Waals surface area contributed by atoms with Gasteiger partial charge < -0.3 is 14.2 Å². The standard InChI is InChI=1S/C16H34O3/c1-4-7-10-17-13-16(14-18-11-8-5-2)15-19-12-9-6-3/h16H,4-15H2,1-3H3/i7T,8T,9T. The van der Waals surface area contributed by atoms with Gasteiger partial charge in [-0.2, -0.15) is 0 Å². The van der Waals surface area contributed by atoms with Gasteiger partial charge in [-0.25, -0.2) is 0 Å². The number of ether oxygens (including phenoxy) is 3. The van der Waals surface area contributed by atoms with Gasteiger partial charge in [0.2, 0.25) is 0 Å². The molecule has 0 heterocycles. The van der Waals surface area contributed by atoms with Crippen LogP contribution in [-0.4, -0.2) is 39.6 Å². The molecule has 0 aliphatic rings. The summed E-state index contributed by atoms with van der Waals surface area (Å²) in [6, 6.07) is 0. The van der Waals surface area contributed by atoms with Gasteiger partial charge in [0.1, 0.15) is 0 Å². The maximum Gasteiger partial charge on any atom is 0.0538 e. The normalized spacial score (nSPS) is 20.1. The first-order valence-electron chi connectivity index (χ1n) is 9.26. The summed E-state index contributed by atoms with van der Waals surface area (Å²) in [4.78, 5) is 0. The Morgan fingerprint density at radius 2 is 1.00 bits per heavy atom. The average Bonchev–Trinajstić information content (AvgIpc) is 2.53. The highest BCUT2D eigenvalue weighted by Gasteiger charge is 2.09. The van der Waals surface area contributed by atoms with Crippen LogP contribution in [0.25, 0.3) is 0 Å². The lowest BCUT2D eigenvalue weighted by atomic mass is 10.2. The van der Waals surface area contributed by atoms with E-state index >= 15 is 0 Å². The van der Waals surface area contributed by atoms with Crippen molar-refractivity contribution in [3.8, 4) is 0 Å². The summed E-state index contributed by atoms with van der Waals surface area (Å²) in [7, 11) is 0. The fraction of sp³-hybridized carbons (Fsp3) is 1.00. The minimum absolute atomic E-state index is 0.0946. The maximum absolute atomic E-state index is 7.67. The molecule has 0 saturated heterocycles. The molecule has 19 heavy (non-hydrogen) atoms. The molecule has 3 heteroatoms. The molecule has 0 aromatic rings. The fourth-order valence-corrected chi connectivity index (χ4v) is 1.45. The van der Waals surface area contributed by atoms with Gasteiger partial charge in [0, 0.05) is 29.9 Å². The Hall–Kier alpha value is -0.120. The zero-order valence-electron chi connectivity index (χ0n) is 15.9. The van der Waals surface area contributed by atoms with E-state index in [0.29, 0.717) is 39.6 Å². The van der Waals surface area contributed by atoms with Crippen molar-refractivity contribution in [2.24, 2.45) is 5.92 Å². The minimum Gasteiger partial charge on any atom is -0.381 e. The summed E-state index contributed by atoms with van der Waals surface area (Å²) in [6.07, 6.45) is 1.80. The van der Waals surface area contributed by atoms with Crippen molar-refractivity contribution in [2.45, 2.75) is 59.2 Å². The number of hydrogen-bond donors (Lipinski definition) is 0. The van der Waals surface area contributed by atoms with E-state index in [4.69, 9.17) is 18.3 Å². The molecular formula is C16H34O3. The molecule has 0 rings (SSSR count). The molecule has 0 bridgehead atoms. The topological polar surface area (TPSA) is 27.7 Å². The van der Waals surface area contributed by atoms with E-state index < -0.39 is 0 Å². The molecule has 0 radical (unpaired) electrons. The van der Waals surface area contributed by atoms with E-state index in [2.05, 4.69) is 0 Å². The zero-order valence-corrected chi connectivity index (χ0v) is 12.9. The molecule has 3 atom stereocenters. The predicted octanol–water partition coefficient (Wildman–Crippen LogP) is 4.05. The van der Waals surface area contributed by atoms with Crippen molar-refractivity contribution >= 4 is 0 Å². The number of hydrogen-bond acceptors (Lipinski definition) is 3. The van der Waals surface area contributed by atoms with Crippen LogP contribution in [0.1, 0.15) is 63.3 Å². The summed E-state index contributed by atoms with van der Waals surface area (Å²) in [5, 5.41) is 0. The van der Waals surface area contributed by atoms with Gasteiger partial charge in [-0.05, 0) is 19.2 Å². The summed E-state index contributed by atoms with van der Waals surface area (Å²) >= 11 is 0. The van der Waals surface area contributed by atoms with Gasteiger partial charge in [0.15, 0.2) is 0 Å². The molecule has 0 aromatic heterocycles. The van der Waals surface area contributed by atoms with E-state index in [-0.39, 0.29) is 25.1 Å². The lowest BCUT2D eigenvalue weighted by molar-refractivity contribution is -0.00711. The van der Waals surface area contributed by atoms with Crippen LogP contribution in [0.15, 0.2) is 0 Å². The van der Waals surface area contributed by atoms with Crippen molar-refractivity contribution in [1.82, 2.24) is 0 Å². The van der Waals surface area contributed by atoms with Crippen LogP contribution in [0.4, 0.5) is 0 Å². The highest BCUT2D eigenvalue weighted by molar-refractivity contribution is 4.56. The van der Waals surface area contributed by atoms with Crippen molar-refractivity contribution in [3.05, 3.63) is 0 Å². The Morgan fingerprint density at radius 3 is 1.26 bits per heavy atom. The molecule has 3 nitrogen and oxygen atoms in total. The van der Waals surface area contributed by atoms with Gasteiger partial charge in [0.25, 0.3) is 0 Å². The average molecular weight is 280 g/mol. The minimum atomic E-state index is -0.182. The highest BCUT2D eigenvalue weighted by atomic mass is 16.5. The Labute approximate surface area is 124 Å². The Balaban J connectivity index is 4.01. The third-order valence-corrected chi connectivity index (χ3v) is 2.63. The van der Waals surface area contributed by atoms with Crippen molar-refractivity contribution in [1.29, 1.82) is 0 Å².